The van der Waals surface area contributed by atoms with E-state index in [0.717, 1.165) is 23.4 Å². The third-order valence-electron chi connectivity index (χ3n) is 2.10. The molecule has 0 spiro atoms. The van der Waals surface area contributed by atoms with Crippen LogP contribution >= 0.6 is 0 Å². The van der Waals surface area contributed by atoms with Gasteiger partial charge in [-0.2, -0.15) is 11.6 Å². The van der Waals surface area contributed by atoms with Crippen LogP contribution in [-0.2, 0) is 16.8 Å². The number of aliphatic imine (C=N–C) groups is 1. The first-order valence-electron chi connectivity index (χ1n) is 4.49. The van der Waals surface area contributed by atoms with E-state index < -0.39 is 0 Å². The molecule has 1 unspecified atom stereocenters. The van der Waals surface area contributed by atoms with E-state index in [2.05, 4.69) is 31.5 Å². The number of hydrogen-bond donors (Lipinski definition) is 1. The maximum atomic E-state index is 5.48. The van der Waals surface area contributed by atoms with Gasteiger partial charge in [0.25, 0.3) is 0 Å². The Morgan fingerprint density at radius 3 is 2.71 bits per heavy atom. The number of hydrogen-bond acceptors (Lipinski definition) is 2. The van der Waals surface area contributed by atoms with Gasteiger partial charge in [0, 0.05) is 16.8 Å². The van der Waals surface area contributed by atoms with Crippen LogP contribution in [0.3, 0.4) is 0 Å². The Balaban J connectivity index is 0.00000169. The molecule has 1 aliphatic heterocycles. The van der Waals surface area contributed by atoms with Crippen molar-refractivity contribution in [3.05, 3.63) is 36.2 Å². The number of rotatable bonds is 3. The molecule has 0 saturated carbocycles. The topological polar surface area (TPSA) is 38.4 Å². The largest absolute Gasteiger partial charge is 0.455 e. The molecule has 1 atom stereocenters. The molecule has 79 valence electrons. The summed E-state index contributed by atoms with van der Waals surface area (Å²) in [6.45, 7) is 7.85. The molecule has 3 heteroatoms. The van der Waals surface area contributed by atoms with E-state index in [1.165, 1.54) is 0 Å². The van der Waals surface area contributed by atoms with Crippen LogP contribution in [0.2, 0.25) is 0 Å². The van der Waals surface area contributed by atoms with Crippen molar-refractivity contribution in [3.8, 4) is 0 Å². The fourth-order valence-electron chi connectivity index (χ4n) is 1.21. The summed E-state index contributed by atoms with van der Waals surface area (Å²) in [7, 11) is 0. The molecule has 0 saturated heterocycles. The molecule has 0 aromatic heterocycles. The van der Waals surface area contributed by atoms with E-state index >= 15 is 0 Å². The molecule has 1 radical (unpaired) electrons. The van der Waals surface area contributed by atoms with Crippen molar-refractivity contribution in [2.75, 3.05) is 0 Å². The average Bonchev–Trinajstić information content (AvgIpc) is 2.59. The van der Waals surface area contributed by atoms with Crippen LogP contribution in [0.4, 0.5) is 0 Å². The van der Waals surface area contributed by atoms with Gasteiger partial charge in [-0.15, -0.1) is 12.8 Å². The summed E-state index contributed by atoms with van der Waals surface area (Å²) in [5, 5.41) is 0. The van der Waals surface area contributed by atoms with Gasteiger partial charge in [0.15, 0.2) is 0 Å². The predicted octanol–water partition coefficient (Wildman–Crippen LogP) is 2.20. The maximum Gasteiger partial charge on any atom is 0 e. The third kappa shape index (κ3) is 2.59. The molecule has 14 heavy (non-hydrogen) atoms. The number of nitrogens with zero attached hydrogens (tertiary/aromatic N) is 1. The predicted molar refractivity (Wildman–Crippen MR) is 56.1 cm³/mol. The van der Waals surface area contributed by atoms with Gasteiger partial charge in [0.2, 0.25) is 0 Å². The van der Waals surface area contributed by atoms with Gasteiger partial charge in [-0.3, -0.25) is 0 Å². The van der Waals surface area contributed by atoms with Gasteiger partial charge in [-0.1, -0.05) is 25.6 Å². The van der Waals surface area contributed by atoms with Crippen LogP contribution in [0.15, 0.2) is 35.1 Å². The van der Waals surface area contributed by atoms with Crippen LogP contribution in [0.5, 0.6) is 0 Å². The minimum Gasteiger partial charge on any atom is -0.455 e. The van der Waals surface area contributed by atoms with Crippen molar-refractivity contribution >= 4 is 5.71 Å². The minimum absolute atomic E-state index is 0. The van der Waals surface area contributed by atoms with E-state index in [1.807, 2.05) is 6.08 Å². The molecule has 0 aliphatic carbocycles. The molecular formula is C11H15CoN2-. The van der Waals surface area contributed by atoms with E-state index in [1.54, 1.807) is 6.20 Å². The monoisotopic (exact) mass is 234 g/mol. The van der Waals surface area contributed by atoms with Crippen molar-refractivity contribution in [1.82, 2.24) is 0 Å². The molecule has 0 bridgehead atoms. The third-order valence-corrected chi connectivity index (χ3v) is 2.10. The van der Waals surface area contributed by atoms with E-state index in [9.17, 15) is 0 Å². The van der Waals surface area contributed by atoms with E-state index in [4.69, 9.17) is 5.73 Å². The molecule has 2 N–H and O–H groups in total. The molecule has 0 fully saturated rings. The van der Waals surface area contributed by atoms with Crippen molar-refractivity contribution in [1.29, 1.82) is 0 Å². The van der Waals surface area contributed by atoms with Gasteiger partial charge in [0.1, 0.15) is 0 Å². The molecule has 1 heterocycles. The standard InChI is InChI=1S/C11H15N2.Co/c1-4-8(3)11-9(7-12)6-10(5-2)13-11;/h4,7-8H,1,5,12H2,2-3H3;/q-1;. The van der Waals surface area contributed by atoms with Crippen LogP contribution in [0.1, 0.15) is 20.3 Å². The quantitative estimate of drug-likeness (QED) is 0.590. The zero-order valence-corrected chi connectivity index (χ0v) is 9.55. The molecule has 0 aromatic carbocycles. The summed E-state index contributed by atoms with van der Waals surface area (Å²) >= 11 is 0. The van der Waals surface area contributed by atoms with Crippen molar-refractivity contribution < 1.29 is 16.8 Å². The Kier molecular flexibility index (Phi) is 5.49. The minimum atomic E-state index is 0. The number of nitrogens with two attached hydrogens (primary N) is 1. The van der Waals surface area contributed by atoms with Crippen molar-refractivity contribution in [3.63, 3.8) is 0 Å². The van der Waals surface area contributed by atoms with Crippen LogP contribution in [-0.4, -0.2) is 5.71 Å². The summed E-state index contributed by atoms with van der Waals surface area (Å²) in [6.07, 6.45) is 7.47. The number of allylic oxidation sites excluding steroid dienone is 4. The second-order valence-corrected chi connectivity index (χ2v) is 3.03. The smallest absolute Gasteiger partial charge is 0 e. The van der Waals surface area contributed by atoms with Gasteiger partial charge in [-0.05, 0) is 18.0 Å². The van der Waals surface area contributed by atoms with E-state index in [-0.39, 0.29) is 22.7 Å². The first kappa shape index (κ1) is 13.2. The molecule has 2 nitrogen and oxygen atoms in total. The Morgan fingerprint density at radius 1 is 1.64 bits per heavy atom. The van der Waals surface area contributed by atoms with Crippen LogP contribution in [0.25, 0.3) is 0 Å². The summed E-state index contributed by atoms with van der Waals surface area (Å²) in [5.41, 5.74) is 8.34. The molecular weight excluding hydrogens is 219 g/mol. The SMILES string of the molecule is C=CC(C)C1=NC(CC)=[C-]C1=CN.[Co]. The first-order chi connectivity index (χ1) is 6.22. The fourth-order valence-corrected chi connectivity index (χ4v) is 1.21. The van der Waals surface area contributed by atoms with E-state index in [0.29, 0.717) is 0 Å². The van der Waals surface area contributed by atoms with Crippen LogP contribution < -0.4 is 5.73 Å². The maximum absolute atomic E-state index is 5.48. The second-order valence-electron chi connectivity index (χ2n) is 3.03. The average molecular weight is 234 g/mol. The summed E-state index contributed by atoms with van der Waals surface area (Å²) in [4.78, 5) is 4.43. The Bertz CT molecular complexity index is 300. The molecule has 1 aliphatic rings. The summed E-state index contributed by atoms with van der Waals surface area (Å²) in [5.74, 6) is 0.242. The summed E-state index contributed by atoms with van der Waals surface area (Å²) < 4.78 is 0. The first-order valence-corrected chi connectivity index (χ1v) is 4.49. The van der Waals surface area contributed by atoms with Crippen molar-refractivity contribution in [2.45, 2.75) is 20.3 Å². The Labute approximate surface area is 95.9 Å². The molecule has 0 amide bonds. The zero-order chi connectivity index (χ0) is 9.84. The van der Waals surface area contributed by atoms with Gasteiger partial charge < -0.3 is 10.7 Å². The van der Waals surface area contributed by atoms with Gasteiger partial charge >= 0.3 is 0 Å². The normalized spacial score (nSPS) is 19.7. The fraction of sp³-hybridized carbons (Fsp3) is 0.364. The Hall–Kier alpha value is -0.804. The second kappa shape index (κ2) is 5.83. The Morgan fingerprint density at radius 2 is 2.29 bits per heavy atom. The van der Waals surface area contributed by atoms with Gasteiger partial charge in [0.05, 0.1) is 0 Å². The molecule has 1 rings (SSSR count). The summed E-state index contributed by atoms with van der Waals surface area (Å²) in [6, 6.07) is 0. The van der Waals surface area contributed by atoms with Crippen LogP contribution in [0, 0.1) is 12.0 Å². The molecule has 0 aromatic rings. The van der Waals surface area contributed by atoms with Crippen molar-refractivity contribution in [2.24, 2.45) is 16.6 Å². The zero-order valence-electron chi connectivity index (χ0n) is 8.50. The van der Waals surface area contributed by atoms with Gasteiger partial charge in [-0.25, -0.2) is 0 Å².